The molecule has 1 fully saturated rings. The summed E-state index contributed by atoms with van der Waals surface area (Å²) in [6.07, 6.45) is -2.75. The van der Waals surface area contributed by atoms with Gasteiger partial charge in [-0.25, -0.2) is 8.42 Å². The summed E-state index contributed by atoms with van der Waals surface area (Å²) in [6, 6.07) is 13.4. The Hall–Kier alpha value is -3.24. The van der Waals surface area contributed by atoms with E-state index in [0.29, 0.717) is 29.8 Å². The van der Waals surface area contributed by atoms with Crippen molar-refractivity contribution < 1.29 is 31.1 Å². The number of rotatable bonds is 10. The molecule has 12 heteroatoms. The van der Waals surface area contributed by atoms with Crippen molar-refractivity contribution in [3.05, 3.63) is 54.2 Å². The van der Waals surface area contributed by atoms with Gasteiger partial charge in [-0.2, -0.15) is 17.5 Å². The van der Waals surface area contributed by atoms with E-state index in [-0.39, 0.29) is 36.3 Å². The predicted octanol–water partition coefficient (Wildman–Crippen LogP) is 4.53. The Morgan fingerprint density at radius 2 is 1.88 bits per heavy atom. The highest BCUT2D eigenvalue weighted by Crippen LogP contribution is 2.31. The zero-order valence-electron chi connectivity index (χ0n) is 22.4. The van der Waals surface area contributed by atoms with E-state index in [1.165, 1.54) is 35.2 Å². The lowest BCUT2D eigenvalue weighted by atomic mass is 10.1. The van der Waals surface area contributed by atoms with Crippen LogP contribution in [0.1, 0.15) is 18.5 Å². The predicted molar refractivity (Wildman–Crippen MR) is 149 cm³/mol. The molecule has 1 aliphatic heterocycles. The van der Waals surface area contributed by atoms with Crippen LogP contribution in [0.2, 0.25) is 0 Å². The standard InChI is InChI=1S/C28H33F3N4O4S/c1-34(15-18-38-2)40(36,37)24-10-8-21(9-11-24)32-14-4-5-23-19-25-26(33-22-12-16-39-17-13-22)6-3-7-27(25)35(23)20-28(29,30)31/h3,6-11,19,22,32-33H,12-18,20H2,1-2H3. The molecule has 1 aliphatic rings. The largest absolute Gasteiger partial charge is 0.406 e. The van der Waals surface area contributed by atoms with Gasteiger partial charge in [0.25, 0.3) is 0 Å². The van der Waals surface area contributed by atoms with Crippen molar-refractivity contribution in [3.63, 3.8) is 0 Å². The minimum atomic E-state index is -4.41. The minimum Gasteiger partial charge on any atom is -0.383 e. The first-order valence-electron chi connectivity index (χ1n) is 12.9. The second-order valence-corrected chi connectivity index (χ2v) is 11.5. The Morgan fingerprint density at radius 1 is 1.15 bits per heavy atom. The van der Waals surface area contributed by atoms with Crippen LogP contribution in [0.25, 0.3) is 10.9 Å². The fraction of sp³-hybridized carbons (Fsp3) is 0.429. The third-order valence-corrected chi connectivity index (χ3v) is 8.51. The first-order valence-corrected chi connectivity index (χ1v) is 14.3. The van der Waals surface area contributed by atoms with Crippen LogP contribution < -0.4 is 10.6 Å². The van der Waals surface area contributed by atoms with Gasteiger partial charge in [-0.05, 0) is 61.2 Å². The lowest BCUT2D eigenvalue weighted by Gasteiger charge is -2.24. The number of ether oxygens (including phenoxy) is 2. The summed E-state index contributed by atoms with van der Waals surface area (Å²) in [6.45, 7) is 0.813. The molecule has 0 saturated carbocycles. The van der Waals surface area contributed by atoms with Crippen LogP contribution >= 0.6 is 0 Å². The summed E-state index contributed by atoms with van der Waals surface area (Å²) in [5, 5.41) is 7.21. The van der Waals surface area contributed by atoms with Gasteiger partial charge in [-0.3, -0.25) is 0 Å². The number of nitrogens with zero attached hydrogens (tertiary/aromatic N) is 2. The number of alkyl halides is 3. The van der Waals surface area contributed by atoms with E-state index in [0.717, 1.165) is 18.5 Å². The van der Waals surface area contributed by atoms with Crippen LogP contribution in [0.4, 0.5) is 24.5 Å². The topological polar surface area (TPSA) is 84.8 Å². The van der Waals surface area contributed by atoms with E-state index < -0.39 is 22.7 Å². The summed E-state index contributed by atoms with van der Waals surface area (Å²) < 4.78 is 78.5. The van der Waals surface area contributed by atoms with Crippen molar-refractivity contribution in [2.24, 2.45) is 0 Å². The monoisotopic (exact) mass is 578 g/mol. The molecule has 2 N–H and O–H groups in total. The summed E-state index contributed by atoms with van der Waals surface area (Å²) >= 11 is 0. The molecular formula is C28H33F3N4O4S. The van der Waals surface area contributed by atoms with Crippen molar-refractivity contribution in [3.8, 4) is 11.8 Å². The van der Waals surface area contributed by atoms with Gasteiger partial charge in [0.2, 0.25) is 10.0 Å². The molecule has 3 aromatic rings. The SMILES string of the molecule is COCCN(C)S(=O)(=O)c1ccc(NCC#Cc2cc3c(NC4CCOCC4)cccc3n2CC(F)(F)F)cc1. The summed E-state index contributed by atoms with van der Waals surface area (Å²) in [7, 11) is -0.657. The van der Waals surface area contributed by atoms with Crippen LogP contribution in [-0.2, 0) is 26.0 Å². The number of hydrogen-bond acceptors (Lipinski definition) is 6. The number of benzene rings is 2. The maximum absolute atomic E-state index is 13.5. The summed E-state index contributed by atoms with van der Waals surface area (Å²) in [4.78, 5) is 0.143. The van der Waals surface area contributed by atoms with E-state index in [1.807, 2.05) is 6.07 Å². The molecule has 8 nitrogen and oxygen atoms in total. The van der Waals surface area contributed by atoms with Gasteiger partial charge in [-0.1, -0.05) is 12.0 Å². The van der Waals surface area contributed by atoms with Gasteiger partial charge in [0.05, 0.1) is 29.3 Å². The smallest absolute Gasteiger partial charge is 0.383 e. The number of nitrogens with one attached hydrogen (secondary N) is 2. The van der Waals surface area contributed by atoms with Crippen molar-refractivity contribution in [1.82, 2.24) is 8.87 Å². The number of methoxy groups -OCH3 is 1. The minimum absolute atomic E-state index is 0.143. The van der Waals surface area contributed by atoms with Crippen molar-refractivity contribution in [2.45, 2.75) is 36.5 Å². The fourth-order valence-corrected chi connectivity index (χ4v) is 5.63. The first kappa shape index (κ1) is 29.7. The van der Waals surface area contributed by atoms with Gasteiger partial charge in [0, 0.05) is 56.7 Å². The average Bonchev–Trinajstić information content (AvgIpc) is 3.27. The summed E-state index contributed by atoms with van der Waals surface area (Å²) in [5.41, 5.74) is 2.12. The van der Waals surface area contributed by atoms with Crippen LogP contribution in [0.15, 0.2) is 53.4 Å². The highest BCUT2D eigenvalue weighted by molar-refractivity contribution is 7.89. The molecular weight excluding hydrogens is 545 g/mol. The second-order valence-electron chi connectivity index (χ2n) is 9.50. The van der Waals surface area contributed by atoms with E-state index in [9.17, 15) is 21.6 Å². The molecule has 2 aromatic carbocycles. The lowest BCUT2D eigenvalue weighted by Crippen LogP contribution is -2.30. The Bertz CT molecular complexity index is 1450. The molecule has 216 valence electrons. The highest BCUT2D eigenvalue weighted by atomic mass is 32.2. The molecule has 0 aliphatic carbocycles. The van der Waals surface area contributed by atoms with Gasteiger partial charge in [-0.15, -0.1) is 0 Å². The lowest BCUT2D eigenvalue weighted by molar-refractivity contribution is -0.140. The number of likely N-dealkylation sites (N-methyl/N-ethyl adjacent to an activating group) is 1. The zero-order valence-corrected chi connectivity index (χ0v) is 23.2. The van der Waals surface area contributed by atoms with Crippen molar-refractivity contribution >= 4 is 32.3 Å². The number of halogens is 3. The fourth-order valence-electron chi connectivity index (χ4n) is 4.47. The van der Waals surface area contributed by atoms with Gasteiger partial charge < -0.3 is 24.7 Å². The Kier molecular flexibility index (Phi) is 9.63. The quantitative estimate of drug-likeness (QED) is 0.344. The molecule has 0 bridgehead atoms. The molecule has 0 amide bonds. The van der Waals surface area contributed by atoms with Crippen LogP contribution in [0.3, 0.4) is 0 Å². The third-order valence-electron chi connectivity index (χ3n) is 6.63. The molecule has 1 aromatic heterocycles. The Labute approximate surface area is 232 Å². The molecule has 4 rings (SSSR count). The zero-order chi connectivity index (χ0) is 28.8. The Morgan fingerprint density at radius 3 is 2.55 bits per heavy atom. The second kappa shape index (κ2) is 13.0. The van der Waals surface area contributed by atoms with Crippen molar-refractivity contribution in [1.29, 1.82) is 0 Å². The number of anilines is 2. The van der Waals surface area contributed by atoms with Gasteiger partial charge >= 0.3 is 6.18 Å². The van der Waals surface area contributed by atoms with E-state index >= 15 is 0 Å². The molecule has 0 radical (unpaired) electrons. The van der Waals surface area contributed by atoms with E-state index in [1.54, 1.807) is 30.3 Å². The van der Waals surface area contributed by atoms with Crippen LogP contribution in [0, 0.1) is 11.8 Å². The molecule has 0 unspecified atom stereocenters. The molecule has 1 saturated heterocycles. The van der Waals surface area contributed by atoms with Gasteiger partial charge in [0.15, 0.2) is 0 Å². The average molecular weight is 579 g/mol. The van der Waals surface area contributed by atoms with Gasteiger partial charge in [0.1, 0.15) is 6.54 Å². The van der Waals surface area contributed by atoms with Crippen molar-refractivity contribution in [2.75, 3.05) is 57.7 Å². The third kappa shape index (κ3) is 7.48. The maximum Gasteiger partial charge on any atom is 0.406 e. The first-order chi connectivity index (χ1) is 19.1. The van der Waals surface area contributed by atoms with E-state index in [2.05, 4.69) is 22.5 Å². The molecule has 2 heterocycles. The number of hydrogen-bond donors (Lipinski definition) is 2. The highest BCUT2D eigenvalue weighted by Gasteiger charge is 2.30. The molecule has 0 atom stereocenters. The Balaban J connectivity index is 1.50. The number of aromatic nitrogens is 1. The van der Waals surface area contributed by atoms with Crippen LogP contribution in [0.5, 0.6) is 0 Å². The summed E-state index contributed by atoms with van der Waals surface area (Å²) in [5.74, 6) is 5.78. The van der Waals surface area contributed by atoms with E-state index in [4.69, 9.17) is 9.47 Å². The van der Waals surface area contributed by atoms with Crippen LogP contribution in [-0.4, -0.2) is 76.6 Å². The maximum atomic E-state index is 13.5. The number of fused-ring (bicyclic) bond motifs is 1. The normalized spacial score (nSPS) is 14.8. The number of sulfonamides is 1. The molecule has 40 heavy (non-hydrogen) atoms. The molecule has 0 spiro atoms.